The van der Waals surface area contributed by atoms with E-state index in [1.807, 2.05) is 50.2 Å². The zero-order valence-corrected chi connectivity index (χ0v) is 14.5. The van der Waals surface area contributed by atoms with E-state index < -0.39 is 0 Å². The van der Waals surface area contributed by atoms with Crippen LogP contribution in [0.1, 0.15) is 23.6 Å². The number of carbonyl (C=O) groups excluding carboxylic acids is 1. The molecular weight excluding hydrogens is 304 g/mol. The largest absolute Gasteiger partial charge is 0.496 e. The lowest BCUT2D eigenvalue weighted by atomic mass is 10.1. The van der Waals surface area contributed by atoms with Gasteiger partial charge in [-0.3, -0.25) is 0 Å². The van der Waals surface area contributed by atoms with Crippen molar-refractivity contribution in [2.45, 2.75) is 20.8 Å². The van der Waals surface area contributed by atoms with E-state index in [1.54, 1.807) is 20.1 Å². The SMILES string of the molecule is CCOC(=O)/C=C\c1ccc(Oc2ccc(C)c(OC)c2)cc1C. The molecule has 0 fully saturated rings. The van der Waals surface area contributed by atoms with Crippen molar-refractivity contribution in [3.05, 3.63) is 59.2 Å². The van der Waals surface area contributed by atoms with Crippen molar-refractivity contribution in [1.82, 2.24) is 0 Å². The number of benzene rings is 2. The average molecular weight is 326 g/mol. The summed E-state index contributed by atoms with van der Waals surface area (Å²) in [6.45, 7) is 6.10. The smallest absolute Gasteiger partial charge is 0.330 e. The van der Waals surface area contributed by atoms with E-state index in [2.05, 4.69) is 0 Å². The number of ether oxygens (including phenoxy) is 3. The fraction of sp³-hybridized carbons (Fsp3) is 0.250. The van der Waals surface area contributed by atoms with E-state index in [4.69, 9.17) is 14.2 Å². The molecule has 0 aliphatic carbocycles. The van der Waals surface area contributed by atoms with Gasteiger partial charge in [0.15, 0.2) is 0 Å². The van der Waals surface area contributed by atoms with E-state index in [0.29, 0.717) is 12.4 Å². The molecule has 2 rings (SSSR count). The van der Waals surface area contributed by atoms with Gasteiger partial charge >= 0.3 is 5.97 Å². The minimum atomic E-state index is -0.344. The van der Waals surface area contributed by atoms with Gasteiger partial charge < -0.3 is 14.2 Å². The van der Waals surface area contributed by atoms with Crippen LogP contribution in [0, 0.1) is 13.8 Å². The number of aryl methyl sites for hydroxylation is 2. The third-order valence-corrected chi connectivity index (χ3v) is 3.54. The van der Waals surface area contributed by atoms with Crippen LogP contribution in [0.15, 0.2) is 42.5 Å². The van der Waals surface area contributed by atoms with E-state index in [-0.39, 0.29) is 5.97 Å². The third kappa shape index (κ3) is 4.62. The van der Waals surface area contributed by atoms with Crippen molar-refractivity contribution < 1.29 is 19.0 Å². The van der Waals surface area contributed by atoms with Crippen molar-refractivity contribution in [1.29, 1.82) is 0 Å². The molecule has 4 nitrogen and oxygen atoms in total. The van der Waals surface area contributed by atoms with Gasteiger partial charge in [-0.25, -0.2) is 4.79 Å². The Kier molecular flexibility index (Phi) is 6.01. The van der Waals surface area contributed by atoms with Gasteiger partial charge in [-0.15, -0.1) is 0 Å². The fourth-order valence-corrected chi connectivity index (χ4v) is 2.25. The molecular formula is C20H22O4. The summed E-state index contributed by atoms with van der Waals surface area (Å²) in [6, 6.07) is 11.4. The predicted octanol–water partition coefficient (Wildman–Crippen LogP) is 4.68. The van der Waals surface area contributed by atoms with Gasteiger partial charge in [0.2, 0.25) is 0 Å². The van der Waals surface area contributed by atoms with Crippen LogP contribution >= 0.6 is 0 Å². The van der Waals surface area contributed by atoms with Crippen molar-refractivity contribution in [2.24, 2.45) is 0 Å². The average Bonchev–Trinajstić information content (AvgIpc) is 2.56. The van der Waals surface area contributed by atoms with Gasteiger partial charge in [0.1, 0.15) is 17.2 Å². The van der Waals surface area contributed by atoms with Crippen LogP contribution in [0.25, 0.3) is 6.08 Å². The molecule has 0 radical (unpaired) electrons. The lowest BCUT2D eigenvalue weighted by molar-refractivity contribution is -0.137. The summed E-state index contributed by atoms with van der Waals surface area (Å²) in [5.74, 6) is 1.89. The predicted molar refractivity (Wildman–Crippen MR) is 94.7 cm³/mol. The Labute approximate surface area is 142 Å². The number of rotatable bonds is 6. The lowest BCUT2D eigenvalue weighted by Crippen LogP contribution is -1.98. The maximum atomic E-state index is 11.4. The highest BCUT2D eigenvalue weighted by Gasteiger charge is 2.04. The summed E-state index contributed by atoms with van der Waals surface area (Å²) in [4.78, 5) is 11.4. The standard InChI is InChI=1S/C20H22O4/c1-5-23-20(21)11-8-16-7-10-17(12-15(16)3)24-18-9-6-14(2)19(13-18)22-4/h6-13H,5H2,1-4H3/b11-8-. The monoisotopic (exact) mass is 326 g/mol. The van der Waals surface area contributed by atoms with Gasteiger partial charge in [-0.2, -0.15) is 0 Å². The Bertz CT molecular complexity index is 747. The summed E-state index contributed by atoms with van der Waals surface area (Å²) in [6.07, 6.45) is 3.17. The second-order valence-corrected chi connectivity index (χ2v) is 5.34. The quantitative estimate of drug-likeness (QED) is 0.571. The molecule has 0 bridgehead atoms. The van der Waals surface area contributed by atoms with Crippen LogP contribution < -0.4 is 9.47 Å². The van der Waals surface area contributed by atoms with Gasteiger partial charge in [-0.05, 0) is 61.7 Å². The zero-order chi connectivity index (χ0) is 17.5. The summed E-state index contributed by atoms with van der Waals surface area (Å²) in [7, 11) is 1.64. The summed E-state index contributed by atoms with van der Waals surface area (Å²) in [5.41, 5.74) is 3.00. The van der Waals surface area contributed by atoms with Crippen molar-refractivity contribution in [3.8, 4) is 17.2 Å². The van der Waals surface area contributed by atoms with E-state index in [1.165, 1.54) is 6.08 Å². The third-order valence-electron chi connectivity index (χ3n) is 3.54. The Balaban J connectivity index is 2.13. The van der Waals surface area contributed by atoms with Crippen LogP contribution in [0.2, 0.25) is 0 Å². The van der Waals surface area contributed by atoms with Gasteiger partial charge in [0.25, 0.3) is 0 Å². The molecule has 2 aromatic rings. The first-order valence-electron chi connectivity index (χ1n) is 7.81. The maximum Gasteiger partial charge on any atom is 0.330 e. The molecule has 0 saturated carbocycles. The van der Waals surface area contributed by atoms with Crippen LogP contribution in [-0.2, 0) is 9.53 Å². The Morgan fingerprint density at radius 2 is 1.75 bits per heavy atom. The molecule has 0 atom stereocenters. The van der Waals surface area contributed by atoms with Crippen molar-refractivity contribution in [2.75, 3.05) is 13.7 Å². The molecule has 2 aromatic carbocycles. The van der Waals surface area contributed by atoms with E-state index >= 15 is 0 Å². The Hall–Kier alpha value is -2.75. The highest BCUT2D eigenvalue weighted by atomic mass is 16.5. The molecule has 4 heteroatoms. The normalized spacial score (nSPS) is 10.7. The molecule has 126 valence electrons. The molecule has 0 spiro atoms. The first-order valence-corrected chi connectivity index (χ1v) is 7.81. The van der Waals surface area contributed by atoms with Crippen molar-refractivity contribution in [3.63, 3.8) is 0 Å². The zero-order valence-electron chi connectivity index (χ0n) is 14.5. The maximum absolute atomic E-state index is 11.4. The fourth-order valence-electron chi connectivity index (χ4n) is 2.25. The Morgan fingerprint density at radius 3 is 2.42 bits per heavy atom. The molecule has 24 heavy (non-hydrogen) atoms. The second-order valence-electron chi connectivity index (χ2n) is 5.34. The minimum absolute atomic E-state index is 0.344. The van der Waals surface area contributed by atoms with Crippen LogP contribution in [0.4, 0.5) is 0 Å². The molecule has 0 heterocycles. The number of esters is 1. The number of hydrogen-bond donors (Lipinski definition) is 0. The minimum Gasteiger partial charge on any atom is -0.496 e. The lowest BCUT2D eigenvalue weighted by Gasteiger charge is -2.10. The van der Waals surface area contributed by atoms with Gasteiger partial charge in [0, 0.05) is 12.1 Å². The first kappa shape index (κ1) is 17.6. The number of methoxy groups -OCH3 is 1. The topological polar surface area (TPSA) is 44.8 Å². The molecule has 0 aliphatic heterocycles. The van der Waals surface area contributed by atoms with Crippen LogP contribution in [0.5, 0.6) is 17.2 Å². The number of hydrogen-bond acceptors (Lipinski definition) is 4. The van der Waals surface area contributed by atoms with E-state index in [0.717, 1.165) is 28.2 Å². The summed E-state index contributed by atoms with van der Waals surface area (Å²) in [5, 5.41) is 0. The van der Waals surface area contributed by atoms with Gasteiger partial charge in [0.05, 0.1) is 13.7 Å². The van der Waals surface area contributed by atoms with Crippen LogP contribution in [0.3, 0.4) is 0 Å². The van der Waals surface area contributed by atoms with Crippen LogP contribution in [-0.4, -0.2) is 19.7 Å². The summed E-state index contributed by atoms with van der Waals surface area (Å²) < 4.78 is 16.1. The molecule has 0 amide bonds. The Morgan fingerprint density at radius 1 is 1.04 bits per heavy atom. The first-order chi connectivity index (χ1) is 11.5. The molecule has 0 aliphatic rings. The van der Waals surface area contributed by atoms with Crippen molar-refractivity contribution >= 4 is 12.0 Å². The molecule has 0 unspecified atom stereocenters. The number of carbonyl (C=O) groups is 1. The second kappa shape index (κ2) is 8.20. The molecule has 0 N–H and O–H groups in total. The summed E-state index contributed by atoms with van der Waals surface area (Å²) >= 11 is 0. The molecule has 0 saturated heterocycles. The molecule has 0 aromatic heterocycles. The van der Waals surface area contributed by atoms with Gasteiger partial charge in [-0.1, -0.05) is 12.1 Å². The highest BCUT2D eigenvalue weighted by Crippen LogP contribution is 2.29. The highest BCUT2D eigenvalue weighted by molar-refractivity contribution is 5.87. The van der Waals surface area contributed by atoms with E-state index in [9.17, 15) is 4.79 Å².